The van der Waals surface area contributed by atoms with Crippen molar-refractivity contribution in [2.45, 2.75) is 0 Å². The molecule has 0 saturated carbocycles. The highest BCUT2D eigenvalue weighted by Crippen LogP contribution is 2.29. The highest BCUT2D eigenvalue weighted by Gasteiger charge is 2.19. The first-order valence-corrected chi connectivity index (χ1v) is 7.60. The zero-order chi connectivity index (χ0) is 18.7. The van der Waals surface area contributed by atoms with E-state index in [9.17, 15) is 20.2 Å². The third kappa shape index (κ3) is 3.42. The molecule has 0 unspecified atom stereocenters. The van der Waals surface area contributed by atoms with Gasteiger partial charge in [-0.1, -0.05) is 23.7 Å². The Labute approximate surface area is 151 Å². The fourth-order valence-corrected chi connectivity index (χ4v) is 2.55. The summed E-state index contributed by atoms with van der Waals surface area (Å²) in [6.07, 6.45) is 3.04. The normalized spacial score (nSPS) is 11.0. The van der Waals surface area contributed by atoms with Crippen LogP contribution < -0.4 is 5.43 Å². The van der Waals surface area contributed by atoms with Crippen molar-refractivity contribution in [2.75, 3.05) is 5.43 Å². The van der Waals surface area contributed by atoms with Gasteiger partial charge in [0.1, 0.15) is 5.69 Å². The molecule has 9 nitrogen and oxygen atoms in total. The first kappa shape index (κ1) is 17.2. The molecular weight excluding hydrogens is 362 g/mol. The second-order valence-corrected chi connectivity index (χ2v) is 5.53. The van der Waals surface area contributed by atoms with Crippen molar-refractivity contribution in [1.29, 1.82) is 0 Å². The highest BCUT2D eigenvalue weighted by molar-refractivity contribution is 6.35. The molecule has 1 aromatic heterocycles. The molecule has 0 aliphatic carbocycles. The summed E-state index contributed by atoms with van der Waals surface area (Å²) in [6.45, 7) is 0. The molecule has 0 saturated heterocycles. The monoisotopic (exact) mass is 371 g/mol. The van der Waals surface area contributed by atoms with Gasteiger partial charge in [-0.15, -0.1) is 0 Å². The van der Waals surface area contributed by atoms with Crippen molar-refractivity contribution in [3.05, 3.63) is 79.5 Å². The molecule has 1 heterocycles. The van der Waals surface area contributed by atoms with E-state index < -0.39 is 15.5 Å². The van der Waals surface area contributed by atoms with E-state index in [-0.39, 0.29) is 11.4 Å². The van der Waals surface area contributed by atoms with E-state index in [0.29, 0.717) is 16.1 Å². The molecule has 26 heavy (non-hydrogen) atoms. The van der Waals surface area contributed by atoms with E-state index in [1.165, 1.54) is 12.3 Å². The summed E-state index contributed by atoms with van der Waals surface area (Å²) < 4.78 is 0. The van der Waals surface area contributed by atoms with Crippen LogP contribution >= 0.6 is 11.6 Å². The molecule has 0 bridgehead atoms. The summed E-state index contributed by atoms with van der Waals surface area (Å²) in [6, 6.07) is 10.3. The number of pyridine rings is 1. The number of halogens is 1. The lowest BCUT2D eigenvalue weighted by atomic mass is 10.1. The van der Waals surface area contributed by atoms with Crippen LogP contribution in [0.2, 0.25) is 5.02 Å². The van der Waals surface area contributed by atoms with Crippen LogP contribution in [0.3, 0.4) is 0 Å². The molecule has 0 spiro atoms. The summed E-state index contributed by atoms with van der Waals surface area (Å²) in [5.74, 6) is 0. The van der Waals surface area contributed by atoms with Crippen LogP contribution in [0.4, 0.5) is 17.1 Å². The Balaban J connectivity index is 1.91. The molecular formula is C16H10ClN5O4. The maximum Gasteiger partial charge on any atom is 0.301 e. The van der Waals surface area contributed by atoms with Gasteiger partial charge in [-0.2, -0.15) is 5.10 Å². The maximum atomic E-state index is 11.1. The van der Waals surface area contributed by atoms with Crippen LogP contribution in [0.25, 0.3) is 10.9 Å². The predicted molar refractivity (Wildman–Crippen MR) is 97.7 cm³/mol. The van der Waals surface area contributed by atoms with Crippen LogP contribution in [0, 0.1) is 20.2 Å². The lowest BCUT2D eigenvalue weighted by Gasteiger charge is -2.04. The van der Waals surface area contributed by atoms with Crippen molar-refractivity contribution < 1.29 is 9.85 Å². The van der Waals surface area contributed by atoms with Gasteiger partial charge >= 0.3 is 5.69 Å². The van der Waals surface area contributed by atoms with Crippen LogP contribution in [-0.2, 0) is 0 Å². The first-order chi connectivity index (χ1) is 12.5. The number of benzene rings is 2. The topological polar surface area (TPSA) is 124 Å². The van der Waals surface area contributed by atoms with Gasteiger partial charge in [0.2, 0.25) is 0 Å². The van der Waals surface area contributed by atoms with Crippen molar-refractivity contribution in [3.8, 4) is 0 Å². The second-order valence-electron chi connectivity index (χ2n) is 5.12. The van der Waals surface area contributed by atoms with Crippen molar-refractivity contribution in [3.63, 3.8) is 0 Å². The van der Waals surface area contributed by atoms with Gasteiger partial charge in [-0.3, -0.25) is 30.6 Å². The number of hydrogen-bond donors (Lipinski definition) is 1. The van der Waals surface area contributed by atoms with E-state index in [1.54, 1.807) is 24.4 Å². The number of para-hydroxylation sites is 1. The number of hydrazone groups is 1. The zero-order valence-corrected chi connectivity index (χ0v) is 13.8. The number of non-ortho nitro benzene ring substituents is 1. The van der Waals surface area contributed by atoms with Gasteiger partial charge in [0.15, 0.2) is 0 Å². The molecule has 2 aromatic carbocycles. The Morgan fingerprint density at radius 2 is 1.92 bits per heavy atom. The first-order valence-electron chi connectivity index (χ1n) is 7.22. The van der Waals surface area contributed by atoms with Gasteiger partial charge in [0.05, 0.1) is 32.7 Å². The fourth-order valence-electron chi connectivity index (χ4n) is 2.32. The predicted octanol–water partition coefficient (Wildman–Crippen LogP) is 4.15. The van der Waals surface area contributed by atoms with Gasteiger partial charge in [0, 0.05) is 23.2 Å². The Morgan fingerprint density at radius 3 is 2.65 bits per heavy atom. The van der Waals surface area contributed by atoms with Crippen LogP contribution in [-0.4, -0.2) is 21.0 Å². The molecule has 3 rings (SSSR count). The number of nitro groups is 2. The highest BCUT2D eigenvalue weighted by atomic mass is 35.5. The number of nitrogens with one attached hydrogen (secondary N) is 1. The number of rotatable bonds is 5. The second kappa shape index (κ2) is 7.11. The Morgan fingerprint density at radius 1 is 1.12 bits per heavy atom. The number of anilines is 1. The summed E-state index contributed by atoms with van der Waals surface area (Å²) >= 11 is 6.10. The molecule has 0 atom stereocenters. The number of aromatic nitrogens is 1. The average Bonchev–Trinajstić information content (AvgIpc) is 2.62. The van der Waals surface area contributed by atoms with E-state index in [2.05, 4.69) is 15.5 Å². The van der Waals surface area contributed by atoms with Crippen molar-refractivity contribution in [2.24, 2.45) is 5.10 Å². The number of fused-ring (bicyclic) bond motifs is 1. The number of nitrogens with zero attached hydrogens (tertiary/aromatic N) is 4. The molecule has 3 aromatic rings. The Hall–Kier alpha value is -3.59. The number of nitro benzene ring substituents is 2. The maximum absolute atomic E-state index is 11.1. The van der Waals surface area contributed by atoms with Gasteiger partial charge < -0.3 is 0 Å². The standard InChI is InChI=1S/C16H10ClN5O4/c17-13-3-1-2-12-10(6-7-18-16(12)13)9-19-20-14-5-4-11(21(23)24)8-15(14)22(25)26/h1-9,20H. The molecule has 0 radical (unpaired) electrons. The van der Waals surface area contributed by atoms with E-state index in [1.807, 2.05) is 6.07 Å². The summed E-state index contributed by atoms with van der Waals surface area (Å²) in [7, 11) is 0. The average molecular weight is 372 g/mol. The summed E-state index contributed by atoms with van der Waals surface area (Å²) in [5.41, 5.74) is 3.07. The minimum absolute atomic E-state index is 0.0354. The quantitative estimate of drug-likeness (QED) is 0.408. The van der Waals surface area contributed by atoms with E-state index in [4.69, 9.17) is 11.6 Å². The minimum Gasteiger partial charge on any atom is -0.272 e. The lowest BCUT2D eigenvalue weighted by molar-refractivity contribution is -0.393. The third-order valence-electron chi connectivity index (χ3n) is 3.53. The molecule has 130 valence electrons. The van der Waals surface area contributed by atoms with Crippen molar-refractivity contribution in [1.82, 2.24) is 4.98 Å². The van der Waals surface area contributed by atoms with Crippen LogP contribution in [0.15, 0.2) is 53.8 Å². The van der Waals surface area contributed by atoms with E-state index >= 15 is 0 Å². The molecule has 0 aliphatic rings. The summed E-state index contributed by atoms with van der Waals surface area (Å²) in [5, 5.41) is 27.1. The van der Waals surface area contributed by atoms with Gasteiger partial charge in [-0.25, -0.2) is 0 Å². The number of hydrogen-bond acceptors (Lipinski definition) is 7. The molecule has 10 heteroatoms. The van der Waals surface area contributed by atoms with E-state index in [0.717, 1.165) is 17.5 Å². The summed E-state index contributed by atoms with van der Waals surface area (Å²) in [4.78, 5) is 24.7. The Bertz CT molecular complexity index is 1050. The SMILES string of the molecule is O=[N+]([O-])c1ccc(NN=Cc2ccnc3c(Cl)cccc23)c([N+](=O)[O-])c1. The lowest BCUT2D eigenvalue weighted by Crippen LogP contribution is -1.99. The largest absolute Gasteiger partial charge is 0.301 e. The van der Waals surface area contributed by atoms with Gasteiger partial charge in [-0.05, 0) is 18.2 Å². The van der Waals surface area contributed by atoms with Crippen LogP contribution in [0.1, 0.15) is 5.56 Å². The van der Waals surface area contributed by atoms with Crippen LogP contribution in [0.5, 0.6) is 0 Å². The fraction of sp³-hybridized carbons (Fsp3) is 0. The molecule has 0 amide bonds. The Kier molecular flexibility index (Phi) is 4.72. The van der Waals surface area contributed by atoms with Gasteiger partial charge in [0.25, 0.3) is 5.69 Å². The zero-order valence-electron chi connectivity index (χ0n) is 13.0. The third-order valence-corrected chi connectivity index (χ3v) is 3.84. The molecule has 0 fully saturated rings. The molecule has 0 aliphatic heterocycles. The smallest absolute Gasteiger partial charge is 0.272 e. The van der Waals surface area contributed by atoms with Crippen molar-refractivity contribution >= 4 is 45.8 Å². The molecule has 1 N–H and O–H groups in total. The minimum atomic E-state index is -0.716.